The van der Waals surface area contributed by atoms with Gasteiger partial charge in [0.2, 0.25) is 5.76 Å². The minimum atomic E-state index is -3.01. The maximum absolute atomic E-state index is 12.7. The van der Waals surface area contributed by atoms with Crippen LogP contribution in [0.25, 0.3) is 0 Å². The van der Waals surface area contributed by atoms with Crippen LogP contribution in [0.15, 0.2) is 4.42 Å². The third kappa shape index (κ3) is 4.80. The molecule has 0 fully saturated rings. The summed E-state index contributed by atoms with van der Waals surface area (Å²) in [6.07, 6.45) is -5.73. The van der Waals surface area contributed by atoms with Gasteiger partial charge in [0.25, 0.3) is 12.9 Å². The Morgan fingerprint density at radius 2 is 2.05 bits per heavy atom. The molecule has 0 aliphatic heterocycles. The maximum Gasteiger partial charge on any atom is 0.376 e. The van der Waals surface area contributed by atoms with E-state index in [-0.39, 0.29) is 25.5 Å². The molecule has 9 heteroatoms. The van der Waals surface area contributed by atoms with Crippen LogP contribution in [0.3, 0.4) is 0 Å². The number of carbonyl (C=O) groups is 1. The highest BCUT2D eigenvalue weighted by Crippen LogP contribution is 2.24. The average Bonchev–Trinajstić information content (AvgIpc) is 2.79. The monoisotopic (exact) mass is 299 g/mol. The van der Waals surface area contributed by atoms with Crippen LogP contribution in [0, 0.1) is 0 Å². The third-order valence-electron chi connectivity index (χ3n) is 2.07. The van der Waals surface area contributed by atoms with Crippen molar-refractivity contribution in [1.29, 1.82) is 0 Å². The second-order valence-electron chi connectivity index (χ2n) is 3.56. The molecule has 114 valence electrons. The standard InChI is InChI=1S/C11H13F4NO4/c1-2-19-11(17)9-8(10(14)15)16-7(20-9)3-4-18-5-6(12)13/h6,10H,2-5H2,1H3. The highest BCUT2D eigenvalue weighted by atomic mass is 19.3. The molecule has 0 amide bonds. The zero-order chi connectivity index (χ0) is 15.1. The summed E-state index contributed by atoms with van der Waals surface area (Å²) in [6.45, 7) is 0.549. The number of nitrogens with zero attached hydrogens (tertiary/aromatic N) is 1. The molecule has 1 aromatic rings. The van der Waals surface area contributed by atoms with E-state index in [0.717, 1.165) is 0 Å². The number of hydrogen-bond acceptors (Lipinski definition) is 5. The first-order chi connectivity index (χ1) is 9.45. The minimum absolute atomic E-state index is 0.00492. The van der Waals surface area contributed by atoms with Crippen molar-refractivity contribution in [2.45, 2.75) is 26.2 Å². The number of esters is 1. The van der Waals surface area contributed by atoms with Gasteiger partial charge in [-0.1, -0.05) is 0 Å². The van der Waals surface area contributed by atoms with Crippen LogP contribution in [0.4, 0.5) is 17.6 Å². The number of ether oxygens (including phenoxy) is 2. The van der Waals surface area contributed by atoms with Crippen LogP contribution >= 0.6 is 0 Å². The lowest BCUT2D eigenvalue weighted by molar-refractivity contribution is 0.0172. The van der Waals surface area contributed by atoms with E-state index in [1.807, 2.05) is 0 Å². The van der Waals surface area contributed by atoms with E-state index >= 15 is 0 Å². The van der Waals surface area contributed by atoms with Crippen LogP contribution < -0.4 is 0 Å². The molecule has 0 aromatic carbocycles. The molecule has 0 spiro atoms. The van der Waals surface area contributed by atoms with Crippen molar-refractivity contribution in [2.75, 3.05) is 19.8 Å². The summed E-state index contributed by atoms with van der Waals surface area (Å²) in [4.78, 5) is 14.8. The topological polar surface area (TPSA) is 61.6 Å². The molecule has 0 bridgehead atoms. The van der Waals surface area contributed by atoms with E-state index in [1.54, 1.807) is 0 Å². The van der Waals surface area contributed by atoms with Gasteiger partial charge < -0.3 is 13.9 Å². The Bertz CT molecular complexity index is 436. The van der Waals surface area contributed by atoms with Gasteiger partial charge in [-0.25, -0.2) is 27.3 Å². The zero-order valence-electron chi connectivity index (χ0n) is 10.6. The largest absolute Gasteiger partial charge is 0.460 e. The highest BCUT2D eigenvalue weighted by molar-refractivity contribution is 5.87. The van der Waals surface area contributed by atoms with Crippen LogP contribution in [-0.4, -0.2) is 37.2 Å². The summed E-state index contributed by atoms with van der Waals surface area (Å²) in [5.74, 6) is -1.92. The van der Waals surface area contributed by atoms with Crippen LogP contribution in [-0.2, 0) is 15.9 Å². The minimum Gasteiger partial charge on any atom is -0.460 e. The van der Waals surface area contributed by atoms with E-state index < -0.39 is 36.9 Å². The van der Waals surface area contributed by atoms with Gasteiger partial charge in [0.05, 0.1) is 13.2 Å². The summed E-state index contributed by atoms with van der Waals surface area (Å²) >= 11 is 0. The molecule has 20 heavy (non-hydrogen) atoms. The molecule has 0 atom stereocenters. The quantitative estimate of drug-likeness (QED) is 0.419. The van der Waals surface area contributed by atoms with Gasteiger partial charge in [0.1, 0.15) is 6.61 Å². The van der Waals surface area contributed by atoms with E-state index in [1.165, 1.54) is 6.92 Å². The van der Waals surface area contributed by atoms with Crippen LogP contribution in [0.2, 0.25) is 0 Å². The van der Waals surface area contributed by atoms with Crippen LogP contribution in [0.5, 0.6) is 0 Å². The predicted octanol–water partition coefficient (Wildman–Crippen LogP) is 2.61. The number of halogens is 4. The smallest absolute Gasteiger partial charge is 0.376 e. The Hall–Kier alpha value is -1.64. The fourth-order valence-electron chi connectivity index (χ4n) is 1.31. The summed E-state index contributed by atoms with van der Waals surface area (Å²) < 4.78 is 62.9. The average molecular weight is 299 g/mol. The lowest BCUT2D eigenvalue weighted by Crippen LogP contribution is -2.07. The number of rotatable bonds is 8. The van der Waals surface area contributed by atoms with Crippen molar-refractivity contribution in [1.82, 2.24) is 4.98 Å². The first-order valence-electron chi connectivity index (χ1n) is 5.76. The lowest BCUT2D eigenvalue weighted by Gasteiger charge is -2.00. The molecule has 0 saturated carbocycles. The zero-order valence-corrected chi connectivity index (χ0v) is 10.6. The number of alkyl halides is 4. The summed E-state index contributed by atoms with van der Waals surface area (Å²) in [6, 6.07) is 0. The van der Waals surface area contributed by atoms with Crippen molar-refractivity contribution in [3.05, 3.63) is 17.3 Å². The fraction of sp³-hybridized carbons (Fsp3) is 0.636. The van der Waals surface area contributed by atoms with Crippen molar-refractivity contribution in [2.24, 2.45) is 0 Å². The first kappa shape index (κ1) is 16.4. The van der Waals surface area contributed by atoms with Gasteiger partial charge in [0.15, 0.2) is 11.6 Å². The number of aromatic nitrogens is 1. The lowest BCUT2D eigenvalue weighted by atomic mass is 10.3. The normalized spacial score (nSPS) is 11.3. The van der Waals surface area contributed by atoms with Crippen LogP contribution in [0.1, 0.15) is 35.5 Å². The van der Waals surface area contributed by atoms with Crippen molar-refractivity contribution in [3.8, 4) is 0 Å². The second-order valence-corrected chi connectivity index (χ2v) is 3.56. The Morgan fingerprint density at radius 3 is 2.60 bits per heavy atom. The molecule has 1 aromatic heterocycles. The molecule has 0 radical (unpaired) electrons. The van der Waals surface area contributed by atoms with E-state index in [0.29, 0.717) is 0 Å². The first-order valence-corrected chi connectivity index (χ1v) is 5.76. The van der Waals surface area contributed by atoms with Crippen molar-refractivity contribution in [3.63, 3.8) is 0 Å². The molecule has 1 rings (SSSR count). The Labute approximate surface area is 111 Å². The van der Waals surface area contributed by atoms with E-state index in [4.69, 9.17) is 4.42 Å². The van der Waals surface area contributed by atoms with Gasteiger partial charge in [-0.15, -0.1) is 0 Å². The van der Waals surface area contributed by atoms with Crippen molar-refractivity contribution < 1.29 is 36.2 Å². The maximum atomic E-state index is 12.7. The van der Waals surface area contributed by atoms with E-state index in [9.17, 15) is 22.4 Å². The SMILES string of the molecule is CCOC(=O)c1oc(CCOCC(F)F)nc1C(F)F. The summed E-state index contributed by atoms with van der Waals surface area (Å²) in [5.41, 5.74) is -0.827. The molecule has 0 unspecified atom stereocenters. The van der Waals surface area contributed by atoms with Gasteiger partial charge in [-0.2, -0.15) is 0 Å². The molecule has 5 nitrogen and oxygen atoms in total. The Balaban J connectivity index is 2.69. The van der Waals surface area contributed by atoms with Gasteiger partial charge >= 0.3 is 5.97 Å². The molecular formula is C11H13F4NO4. The Kier molecular flexibility index (Phi) is 6.43. The number of carbonyl (C=O) groups excluding carboxylic acids is 1. The molecule has 0 aliphatic carbocycles. The fourth-order valence-corrected chi connectivity index (χ4v) is 1.31. The Morgan fingerprint density at radius 1 is 1.35 bits per heavy atom. The number of hydrogen-bond donors (Lipinski definition) is 0. The molecule has 0 N–H and O–H groups in total. The summed E-state index contributed by atoms with van der Waals surface area (Å²) in [7, 11) is 0. The molecule has 1 heterocycles. The van der Waals surface area contributed by atoms with Crippen molar-refractivity contribution >= 4 is 5.97 Å². The molecule has 0 saturated heterocycles. The van der Waals surface area contributed by atoms with Gasteiger partial charge in [-0.3, -0.25) is 0 Å². The van der Waals surface area contributed by atoms with E-state index in [2.05, 4.69) is 14.5 Å². The summed E-state index contributed by atoms with van der Waals surface area (Å²) in [5, 5.41) is 0. The number of oxazole rings is 1. The third-order valence-corrected chi connectivity index (χ3v) is 2.07. The molecule has 0 aliphatic rings. The molecular weight excluding hydrogens is 286 g/mol. The van der Waals surface area contributed by atoms with Gasteiger partial charge in [0, 0.05) is 6.42 Å². The predicted molar refractivity (Wildman–Crippen MR) is 57.9 cm³/mol. The highest BCUT2D eigenvalue weighted by Gasteiger charge is 2.27. The second kappa shape index (κ2) is 7.83. The van der Waals surface area contributed by atoms with Gasteiger partial charge in [-0.05, 0) is 6.92 Å².